The van der Waals surface area contributed by atoms with Crippen molar-refractivity contribution in [1.29, 1.82) is 0 Å². The molecule has 0 amide bonds. The largest absolute Gasteiger partial charge is 0.507 e. The quantitative estimate of drug-likeness (QED) is 0.588. The zero-order valence-electron chi connectivity index (χ0n) is 14.9. The standard InChI is InChI=1S/C20H17BrF3NO3/c1-2-28-19(27)16-8-11(10-25-18(16)20(22,23)24)13-4-3-5-14(13)15-9-12(21)6-7-17(15)26/h6-10,26H,2-5H2,1H3. The summed E-state index contributed by atoms with van der Waals surface area (Å²) >= 11 is 3.37. The Balaban J connectivity index is 2.15. The minimum atomic E-state index is -4.77. The summed E-state index contributed by atoms with van der Waals surface area (Å²) < 4.78 is 45.4. The first-order valence-corrected chi connectivity index (χ1v) is 9.47. The van der Waals surface area contributed by atoms with Gasteiger partial charge >= 0.3 is 12.1 Å². The van der Waals surface area contributed by atoms with Gasteiger partial charge in [0.2, 0.25) is 0 Å². The van der Waals surface area contributed by atoms with Crippen LogP contribution in [-0.4, -0.2) is 22.7 Å². The van der Waals surface area contributed by atoms with Crippen molar-refractivity contribution in [2.45, 2.75) is 32.4 Å². The van der Waals surface area contributed by atoms with Gasteiger partial charge in [0.15, 0.2) is 5.69 Å². The first-order chi connectivity index (χ1) is 13.2. The molecule has 0 bridgehead atoms. The van der Waals surface area contributed by atoms with Gasteiger partial charge in [-0.15, -0.1) is 0 Å². The number of carbonyl (C=O) groups is 1. The molecule has 0 aliphatic heterocycles. The number of carbonyl (C=O) groups excluding carboxylic acids is 1. The van der Waals surface area contributed by atoms with Gasteiger partial charge in [0.1, 0.15) is 5.75 Å². The number of aromatic hydroxyl groups is 1. The molecule has 0 radical (unpaired) electrons. The number of pyridine rings is 1. The summed E-state index contributed by atoms with van der Waals surface area (Å²) in [5.41, 5.74) is 0.752. The van der Waals surface area contributed by atoms with Crippen LogP contribution in [-0.2, 0) is 10.9 Å². The molecule has 0 unspecified atom stereocenters. The van der Waals surface area contributed by atoms with Gasteiger partial charge in [-0.1, -0.05) is 15.9 Å². The third-order valence-corrected chi connectivity index (χ3v) is 4.99. The van der Waals surface area contributed by atoms with E-state index < -0.39 is 23.4 Å². The Labute approximate surface area is 168 Å². The fraction of sp³-hybridized carbons (Fsp3) is 0.300. The third-order valence-electron chi connectivity index (χ3n) is 4.50. The number of halogens is 4. The van der Waals surface area contributed by atoms with E-state index in [4.69, 9.17) is 4.74 Å². The molecular formula is C20H17BrF3NO3. The maximum absolute atomic E-state index is 13.3. The molecule has 0 atom stereocenters. The molecule has 1 aliphatic rings. The first-order valence-electron chi connectivity index (χ1n) is 8.68. The van der Waals surface area contributed by atoms with Crippen LogP contribution in [0.3, 0.4) is 0 Å². The van der Waals surface area contributed by atoms with Gasteiger partial charge in [0.25, 0.3) is 0 Å². The van der Waals surface area contributed by atoms with E-state index in [2.05, 4.69) is 20.9 Å². The summed E-state index contributed by atoms with van der Waals surface area (Å²) in [6.07, 6.45) is -1.59. The van der Waals surface area contributed by atoms with Gasteiger partial charge in [-0.25, -0.2) is 4.79 Å². The summed E-state index contributed by atoms with van der Waals surface area (Å²) in [5, 5.41) is 10.2. The van der Waals surface area contributed by atoms with E-state index in [-0.39, 0.29) is 12.4 Å². The fourth-order valence-electron chi connectivity index (χ4n) is 3.33. The second-order valence-corrected chi connectivity index (χ2v) is 7.23. The number of alkyl halides is 3. The monoisotopic (exact) mass is 455 g/mol. The van der Waals surface area contributed by atoms with Gasteiger partial charge in [0.05, 0.1) is 12.2 Å². The van der Waals surface area contributed by atoms with Gasteiger partial charge in [-0.05, 0) is 67.2 Å². The Kier molecular flexibility index (Phi) is 5.79. The molecule has 1 aromatic carbocycles. The molecule has 1 aromatic heterocycles. The van der Waals surface area contributed by atoms with Crippen LogP contribution in [0.1, 0.15) is 53.4 Å². The van der Waals surface area contributed by atoms with Crippen molar-refractivity contribution >= 4 is 33.0 Å². The minimum Gasteiger partial charge on any atom is -0.507 e. The Morgan fingerprint density at radius 1 is 1.25 bits per heavy atom. The number of nitrogens with zero attached hydrogens (tertiary/aromatic N) is 1. The number of phenolic OH excluding ortho intramolecular Hbond substituents is 1. The molecule has 0 spiro atoms. The van der Waals surface area contributed by atoms with E-state index in [0.29, 0.717) is 24.0 Å². The van der Waals surface area contributed by atoms with Gasteiger partial charge in [-0.3, -0.25) is 4.98 Å². The predicted molar refractivity (Wildman–Crippen MR) is 102 cm³/mol. The van der Waals surface area contributed by atoms with Crippen LogP contribution in [0.15, 0.2) is 34.9 Å². The van der Waals surface area contributed by atoms with Crippen LogP contribution in [0.4, 0.5) is 13.2 Å². The second kappa shape index (κ2) is 7.95. The SMILES string of the molecule is CCOC(=O)c1cc(C2=C(c3cc(Br)ccc3O)CCC2)cnc1C(F)(F)F. The second-order valence-electron chi connectivity index (χ2n) is 6.31. The molecule has 28 heavy (non-hydrogen) atoms. The molecule has 0 fully saturated rings. The highest BCUT2D eigenvalue weighted by Crippen LogP contribution is 2.44. The highest BCUT2D eigenvalue weighted by atomic mass is 79.9. The van der Waals surface area contributed by atoms with Crippen LogP contribution in [0, 0.1) is 0 Å². The van der Waals surface area contributed by atoms with Crippen molar-refractivity contribution < 1.29 is 27.8 Å². The average Bonchev–Trinajstić information content (AvgIpc) is 3.12. The molecule has 148 valence electrons. The minimum absolute atomic E-state index is 0.0414. The maximum Gasteiger partial charge on any atom is 0.434 e. The van der Waals surface area contributed by atoms with Crippen molar-refractivity contribution in [1.82, 2.24) is 4.98 Å². The molecule has 1 N–H and O–H groups in total. The molecule has 0 saturated heterocycles. The number of ether oxygens (including phenoxy) is 1. The van der Waals surface area contributed by atoms with E-state index in [1.165, 1.54) is 13.0 Å². The summed E-state index contributed by atoms with van der Waals surface area (Å²) in [6, 6.07) is 6.20. The van der Waals surface area contributed by atoms with Crippen molar-refractivity contribution in [3.05, 3.63) is 57.3 Å². The number of esters is 1. The normalized spacial score (nSPS) is 14.5. The van der Waals surface area contributed by atoms with Crippen molar-refractivity contribution in [2.75, 3.05) is 6.61 Å². The third kappa shape index (κ3) is 4.06. The number of rotatable bonds is 4. The molecule has 2 aromatic rings. The molecule has 1 aliphatic carbocycles. The molecule has 4 nitrogen and oxygen atoms in total. The summed E-state index contributed by atoms with van der Waals surface area (Å²) in [5.74, 6) is -0.974. The Morgan fingerprint density at radius 2 is 1.96 bits per heavy atom. The summed E-state index contributed by atoms with van der Waals surface area (Å²) in [7, 11) is 0. The van der Waals surface area contributed by atoms with Crippen molar-refractivity contribution in [2.24, 2.45) is 0 Å². The van der Waals surface area contributed by atoms with Gasteiger partial charge in [-0.2, -0.15) is 13.2 Å². The number of hydrogen-bond donors (Lipinski definition) is 1. The zero-order chi connectivity index (χ0) is 20.5. The number of aromatic nitrogens is 1. The van der Waals surface area contributed by atoms with Gasteiger partial charge in [0, 0.05) is 16.2 Å². The first kappa shape index (κ1) is 20.4. The lowest BCUT2D eigenvalue weighted by atomic mass is 9.96. The lowest BCUT2D eigenvalue weighted by molar-refractivity contribution is -0.141. The molecular weight excluding hydrogens is 439 g/mol. The van der Waals surface area contributed by atoms with E-state index in [1.54, 1.807) is 18.2 Å². The smallest absolute Gasteiger partial charge is 0.434 e. The number of hydrogen-bond acceptors (Lipinski definition) is 4. The van der Waals surface area contributed by atoms with Gasteiger partial charge < -0.3 is 9.84 Å². The van der Waals surface area contributed by atoms with E-state index in [1.807, 2.05) is 0 Å². The molecule has 8 heteroatoms. The lowest BCUT2D eigenvalue weighted by Gasteiger charge is -2.15. The van der Waals surface area contributed by atoms with Crippen LogP contribution in [0.2, 0.25) is 0 Å². The number of phenols is 1. The van der Waals surface area contributed by atoms with E-state index >= 15 is 0 Å². The van der Waals surface area contributed by atoms with Crippen molar-refractivity contribution in [3.63, 3.8) is 0 Å². The van der Waals surface area contributed by atoms with Crippen LogP contribution in [0.25, 0.3) is 11.1 Å². The maximum atomic E-state index is 13.3. The topological polar surface area (TPSA) is 59.4 Å². The predicted octanol–water partition coefficient (Wildman–Crippen LogP) is 5.84. The Bertz CT molecular complexity index is 954. The zero-order valence-corrected chi connectivity index (χ0v) is 16.5. The lowest BCUT2D eigenvalue weighted by Crippen LogP contribution is -2.17. The van der Waals surface area contributed by atoms with E-state index in [9.17, 15) is 23.1 Å². The molecule has 0 saturated carbocycles. The average molecular weight is 456 g/mol. The molecule has 3 rings (SSSR count). The van der Waals surface area contributed by atoms with Crippen LogP contribution >= 0.6 is 15.9 Å². The number of allylic oxidation sites excluding steroid dienone is 2. The molecule has 1 heterocycles. The summed E-state index contributed by atoms with van der Waals surface area (Å²) in [6.45, 7) is 1.48. The highest BCUT2D eigenvalue weighted by Gasteiger charge is 2.38. The van der Waals surface area contributed by atoms with E-state index in [0.717, 1.165) is 28.2 Å². The Hall–Kier alpha value is -2.35. The fourth-order valence-corrected chi connectivity index (χ4v) is 3.69. The van der Waals surface area contributed by atoms with Crippen LogP contribution < -0.4 is 0 Å². The Morgan fingerprint density at radius 3 is 2.64 bits per heavy atom. The summed E-state index contributed by atoms with van der Waals surface area (Å²) in [4.78, 5) is 15.6. The highest BCUT2D eigenvalue weighted by molar-refractivity contribution is 9.10. The number of benzene rings is 1. The van der Waals surface area contributed by atoms with Crippen molar-refractivity contribution in [3.8, 4) is 5.75 Å². The van der Waals surface area contributed by atoms with Crippen LogP contribution in [0.5, 0.6) is 5.75 Å².